The van der Waals surface area contributed by atoms with Gasteiger partial charge in [-0.2, -0.15) is 0 Å². The first-order chi connectivity index (χ1) is 16.5. The zero-order valence-electron chi connectivity index (χ0n) is 20.9. The lowest BCUT2D eigenvalue weighted by Gasteiger charge is -2.41. The van der Waals surface area contributed by atoms with Gasteiger partial charge in [-0.15, -0.1) is 0 Å². The van der Waals surface area contributed by atoms with Crippen LogP contribution in [0.4, 0.5) is 8.78 Å². The highest BCUT2D eigenvalue weighted by molar-refractivity contribution is 5.95. The number of fused-ring (bicyclic) bond motifs is 1. The van der Waals surface area contributed by atoms with Crippen molar-refractivity contribution in [2.24, 2.45) is 5.41 Å². The van der Waals surface area contributed by atoms with Gasteiger partial charge in [0.25, 0.3) is 5.91 Å². The van der Waals surface area contributed by atoms with Crippen molar-refractivity contribution in [3.05, 3.63) is 58.8 Å². The lowest BCUT2D eigenvalue weighted by Crippen LogP contribution is -2.60. The Morgan fingerprint density at radius 3 is 2.46 bits per heavy atom. The summed E-state index contributed by atoms with van der Waals surface area (Å²) >= 11 is 0. The van der Waals surface area contributed by atoms with Crippen LogP contribution < -0.4 is 16.0 Å². The van der Waals surface area contributed by atoms with Crippen LogP contribution in [-0.4, -0.2) is 48.3 Å². The molecule has 0 fully saturated rings. The number of likely N-dealkylation sites (N-methyl/N-ethyl adjacent to an activating group) is 1. The molecule has 3 rings (SSSR count). The minimum atomic E-state index is -1.11. The van der Waals surface area contributed by atoms with Crippen LogP contribution in [0.1, 0.15) is 62.0 Å². The molecule has 2 aliphatic rings. The van der Waals surface area contributed by atoms with Gasteiger partial charge in [-0.05, 0) is 49.4 Å². The molecule has 0 radical (unpaired) electrons. The molecule has 1 heterocycles. The van der Waals surface area contributed by atoms with Crippen molar-refractivity contribution in [3.8, 4) is 0 Å². The molecule has 196 valence electrons. The summed E-state index contributed by atoms with van der Waals surface area (Å²) in [4.78, 5) is 41.4. The molecule has 0 saturated heterocycles. The van der Waals surface area contributed by atoms with Crippen LogP contribution in [0.25, 0.3) is 0 Å². The Bertz CT molecular complexity index is 1080. The minimum absolute atomic E-state index is 0. The third-order valence-electron chi connectivity index (χ3n) is 6.49. The van der Waals surface area contributed by atoms with E-state index < -0.39 is 52.7 Å². The van der Waals surface area contributed by atoms with E-state index in [0.717, 1.165) is 5.56 Å². The van der Waals surface area contributed by atoms with E-state index in [9.17, 15) is 23.2 Å². The molecule has 0 saturated carbocycles. The topological polar surface area (TPSA) is 90.5 Å². The zero-order chi connectivity index (χ0) is 25.9. The molecule has 0 bridgehead atoms. The predicted molar refractivity (Wildman–Crippen MR) is 136 cm³/mol. The summed E-state index contributed by atoms with van der Waals surface area (Å²) in [6.07, 6.45) is 1.94. The number of carbonyl (C=O) groups is 3. The van der Waals surface area contributed by atoms with Gasteiger partial charge in [0, 0.05) is 17.2 Å². The van der Waals surface area contributed by atoms with E-state index in [2.05, 4.69) is 16.0 Å². The summed E-state index contributed by atoms with van der Waals surface area (Å²) in [5, 5.41) is 8.06. The second kappa shape index (κ2) is 10.7. The minimum Gasteiger partial charge on any atom is -0.342 e. The van der Waals surface area contributed by atoms with Crippen molar-refractivity contribution >= 4 is 17.7 Å². The van der Waals surface area contributed by atoms with Gasteiger partial charge in [0.15, 0.2) is 0 Å². The average Bonchev–Trinajstić information content (AvgIpc) is 2.82. The molecule has 3 N–H and O–H groups in total. The Morgan fingerprint density at radius 1 is 1.14 bits per heavy atom. The van der Waals surface area contributed by atoms with Gasteiger partial charge < -0.3 is 20.9 Å². The molecule has 7 nitrogen and oxygen atoms in total. The van der Waals surface area contributed by atoms with Gasteiger partial charge in [-0.25, -0.2) is 8.78 Å². The van der Waals surface area contributed by atoms with E-state index in [4.69, 9.17) is 0 Å². The van der Waals surface area contributed by atoms with Crippen LogP contribution in [-0.2, 0) is 20.8 Å². The van der Waals surface area contributed by atoms with Gasteiger partial charge in [0.05, 0.1) is 6.04 Å². The van der Waals surface area contributed by atoms with Crippen LogP contribution in [0.15, 0.2) is 47.7 Å². The summed E-state index contributed by atoms with van der Waals surface area (Å²) in [7, 11) is 1.65. The molecular weight excluding hydrogens is 454 g/mol. The number of nitrogens with zero attached hydrogens (tertiary/aromatic N) is 1. The fraction of sp³-hybridized carbons (Fsp3) is 0.500. The van der Waals surface area contributed by atoms with E-state index in [1.807, 2.05) is 32.9 Å². The Kier molecular flexibility index (Phi) is 8.10. The van der Waals surface area contributed by atoms with Crippen LogP contribution in [0.5, 0.6) is 0 Å². The highest BCUT2D eigenvalue weighted by atomic mass is 19.1. The first-order valence-corrected chi connectivity index (χ1v) is 11.9. The number of halogens is 2. The third-order valence-corrected chi connectivity index (χ3v) is 6.49. The molecule has 1 aromatic rings. The highest BCUT2D eigenvalue weighted by Gasteiger charge is 2.43. The third kappa shape index (κ3) is 5.78. The quantitative estimate of drug-likeness (QED) is 0.559. The molecule has 1 aliphatic carbocycles. The van der Waals surface area contributed by atoms with Crippen molar-refractivity contribution in [3.63, 3.8) is 0 Å². The first-order valence-electron chi connectivity index (χ1n) is 11.9. The Morgan fingerprint density at radius 2 is 1.83 bits per heavy atom. The molecule has 9 heteroatoms. The summed E-state index contributed by atoms with van der Waals surface area (Å²) < 4.78 is 28.7. The molecule has 3 atom stereocenters. The fourth-order valence-electron chi connectivity index (χ4n) is 4.30. The maximum Gasteiger partial charge on any atom is 0.251 e. The van der Waals surface area contributed by atoms with E-state index in [1.165, 1.54) is 11.0 Å². The second-order valence-corrected chi connectivity index (χ2v) is 10.1. The molecule has 3 amide bonds. The summed E-state index contributed by atoms with van der Waals surface area (Å²) in [6.45, 7) is 7.39. The number of benzene rings is 1. The second-order valence-electron chi connectivity index (χ2n) is 10.1. The van der Waals surface area contributed by atoms with Crippen molar-refractivity contribution in [1.82, 2.24) is 20.9 Å². The molecule has 1 aliphatic heterocycles. The van der Waals surface area contributed by atoms with Crippen molar-refractivity contribution in [2.45, 2.75) is 65.1 Å². The molecule has 35 heavy (non-hydrogen) atoms. The molecule has 0 aromatic heterocycles. The van der Waals surface area contributed by atoms with E-state index in [1.54, 1.807) is 26.1 Å². The average molecular weight is 495 g/mol. The number of allylic oxidation sites excluding steroid dienone is 3. The highest BCUT2D eigenvalue weighted by Crippen LogP contribution is 2.34. The van der Waals surface area contributed by atoms with Gasteiger partial charge >= 0.3 is 0 Å². The van der Waals surface area contributed by atoms with Gasteiger partial charge in [-0.1, -0.05) is 45.0 Å². The number of carbonyl (C=O) groups excluding carboxylic acids is 3. The number of hydrogen-bond donors (Lipinski definition) is 3. The smallest absolute Gasteiger partial charge is 0.251 e. The first kappa shape index (κ1) is 26.5. The summed E-state index contributed by atoms with van der Waals surface area (Å²) in [5.74, 6) is -3.05. The van der Waals surface area contributed by atoms with Gasteiger partial charge in [-0.3, -0.25) is 14.4 Å². The molecule has 0 unspecified atom stereocenters. The largest absolute Gasteiger partial charge is 0.342 e. The zero-order valence-corrected chi connectivity index (χ0v) is 20.9. The van der Waals surface area contributed by atoms with Crippen LogP contribution >= 0.6 is 0 Å². The van der Waals surface area contributed by atoms with Gasteiger partial charge in [0.1, 0.15) is 29.4 Å². The van der Waals surface area contributed by atoms with E-state index in [-0.39, 0.29) is 29.6 Å². The standard InChI is InChI=1S/C26H34F2N4O3.3H2/c1-15(29-5)23(33)31-22(26(2,3)4)25(35)32-14-13-16-9-6-7-10-17(16)21(32)24(34)30-20-18(27)11-8-12-19(20)28;;;/h6-7,9-11,15,21-22,29H,8,12-14H2,1-5H3,(H,30,34)(H,31,33);3*1H/t15-,21-,22+;;;/m0.../s1. The summed E-state index contributed by atoms with van der Waals surface area (Å²) in [5.41, 5.74) is 0.324. The number of hydrogen-bond acceptors (Lipinski definition) is 4. The fourth-order valence-corrected chi connectivity index (χ4v) is 4.30. The number of rotatable bonds is 6. The van der Waals surface area contributed by atoms with Crippen LogP contribution in [0.3, 0.4) is 0 Å². The molecule has 0 spiro atoms. The molecular formula is C26H40F2N4O3. The lowest BCUT2D eigenvalue weighted by atomic mass is 9.83. The van der Waals surface area contributed by atoms with E-state index in [0.29, 0.717) is 12.0 Å². The molecule has 1 aromatic carbocycles. The van der Waals surface area contributed by atoms with Gasteiger partial charge in [0.2, 0.25) is 11.8 Å². The maximum absolute atomic E-state index is 14.4. The Labute approximate surface area is 209 Å². The lowest BCUT2D eigenvalue weighted by molar-refractivity contribution is -0.146. The van der Waals surface area contributed by atoms with Crippen molar-refractivity contribution < 1.29 is 27.4 Å². The monoisotopic (exact) mass is 494 g/mol. The van der Waals surface area contributed by atoms with Crippen LogP contribution in [0, 0.1) is 5.41 Å². The SMILES string of the molecule is CN[C@@H](C)C(=O)N[C@H](C(=O)N1CCc2ccccc2[C@H]1C(=O)NC1=C(F)CCC=C1F)C(C)(C)C.[HH].[HH].[HH]. The van der Waals surface area contributed by atoms with Crippen molar-refractivity contribution in [2.75, 3.05) is 13.6 Å². The normalized spacial score (nSPS) is 19.9. The number of amides is 3. The Balaban J connectivity index is 0.00000456. The van der Waals surface area contributed by atoms with Crippen molar-refractivity contribution in [1.29, 1.82) is 0 Å². The Hall–Kier alpha value is -3.07. The van der Waals surface area contributed by atoms with Crippen LogP contribution in [0.2, 0.25) is 0 Å². The number of nitrogens with one attached hydrogen (secondary N) is 3. The summed E-state index contributed by atoms with van der Waals surface area (Å²) in [6, 6.07) is 4.66. The predicted octanol–water partition coefficient (Wildman–Crippen LogP) is 3.93. The maximum atomic E-state index is 14.4. The van der Waals surface area contributed by atoms with E-state index >= 15 is 0 Å².